The molecule has 19 heavy (non-hydrogen) atoms. The van der Waals surface area contributed by atoms with Gasteiger partial charge in [-0.15, -0.1) is 0 Å². The molecule has 0 aliphatic heterocycles. The highest BCUT2D eigenvalue weighted by Crippen LogP contribution is 2.19. The zero-order valence-corrected chi connectivity index (χ0v) is 12.0. The van der Waals surface area contributed by atoms with Crippen LogP contribution in [0.1, 0.15) is 24.1 Å². The molecule has 1 N–H and O–H groups in total. The van der Waals surface area contributed by atoms with E-state index in [0.717, 1.165) is 15.6 Å². The molecule has 0 heterocycles. The van der Waals surface area contributed by atoms with E-state index in [4.69, 9.17) is 0 Å². The summed E-state index contributed by atoms with van der Waals surface area (Å²) in [5.41, 5.74) is 1.70. The molecule has 0 bridgehead atoms. The maximum absolute atomic E-state index is 13.1. The fourth-order valence-corrected chi connectivity index (χ4v) is 2.22. The van der Waals surface area contributed by atoms with Crippen LogP contribution in [0.5, 0.6) is 0 Å². The summed E-state index contributed by atoms with van der Waals surface area (Å²) in [4.78, 5) is 0. The van der Waals surface area contributed by atoms with E-state index in [2.05, 4.69) is 21.2 Å². The molecular weight excluding hydrogens is 312 g/mol. The molecule has 0 unspecified atom stereocenters. The van der Waals surface area contributed by atoms with Crippen molar-refractivity contribution in [1.82, 2.24) is 5.32 Å². The Labute approximate surface area is 119 Å². The van der Waals surface area contributed by atoms with Gasteiger partial charge in [0.1, 0.15) is 11.6 Å². The average molecular weight is 326 g/mol. The van der Waals surface area contributed by atoms with Crippen molar-refractivity contribution in [2.75, 3.05) is 0 Å². The van der Waals surface area contributed by atoms with Crippen LogP contribution in [0.4, 0.5) is 8.78 Å². The molecule has 0 aliphatic rings. The van der Waals surface area contributed by atoms with Crippen molar-refractivity contribution in [2.45, 2.75) is 19.5 Å². The molecule has 0 saturated heterocycles. The Morgan fingerprint density at radius 2 is 1.84 bits per heavy atom. The van der Waals surface area contributed by atoms with Crippen LogP contribution >= 0.6 is 15.9 Å². The fourth-order valence-electron chi connectivity index (χ4n) is 1.84. The van der Waals surface area contributed by atoms with Crippen molar-refractivity contribution in [1.29, 1.82) is 0 Å². The van der Waals surface area contributed by atoms with Gasteiger partial charge >= 0.3 is 0 Å². The van der Waals surface area contributed by atoms with Gasteiger partial charge < -0.3 is 5.32 Å². The number of hydrogen-bond donors (Lipinski definition) is 1. The van der Waals surface area contributed by atoms with Gasteiger partial charge in [0.15, 0.2) is 0 Å². The summed E-state index contributed by atoms with van der Waals surface area (Å²) in [6.45, 7) is 2.46. The number of halogens is 3. The van der Waals surface area contributed by atoms with Crippen molar-refractivity contribution >= 4 is 15.9 Å². The zero-order chi connectivity index (χ0) is 13.8. The maximum atomic E-state index is 13.1. The second-order valence-electron chi connectivity index (χ2n) is 4.39. The third-order valence-electron chi connectivity index (χ3n) is 2.96. The minimum atomic E-state index is -0.265. The van der Waals surface area contributed by atoms with Crippen molar-refractivity contribution in [2.24, 2.45) is 0 Å². The third kappa shape index (κ3) is 3.85. The summed E-state index contributed by atoms with van der Waals surface area (Å²) < 4.78 is 27.1. The molecule has 0 saturated carbocycles. The van der Waals surface area contributed by atoms with Crippen LogP contribution in [0, 0.1) is 11.6 Å². The van der Waals surface area contributed by atoms with Gasteiger partial charge in [0, 0.05) is 17.1 Å². The van der Waals surface area contributed by atoms with Gasteiger partial charge in [0.05, 0.1) is 0 Å². The van der Waals surface area contributed by atoms with Crippen LogP contribution in [0.3, 0.4) is 0 Å². The standard InChI is InChI=1S/C15H14BrF2N/c1-10(11-3-2-4-13(17)7-11)19-9-12-8-14(18)5-6-15(12)16/h2-8,10,19H,9H2,1H3/t10-/m1/s1. The minimum Gasteiger partial charge on any atom is -0.306 e. The summed E-state index contributed by atoms with van der Waals surface area (Å²) in [5, 5.41) is 3.25. The third-order valence-corrected chi connectivity index (χ3v) is 3.73. The molecule has 0 fully saturated rings. The first-order chi connectivity index (χ1) is 9.06. The number of benzene rings is 2. The van der Waals surface area contributed by atoms with Gasteiger partial charge in [-0.05, 0) is 48.4 Å². The van der Waals surface area contributed by atoms with Gasteiger partial charge in [0.25, 0.3) is 0 Å². The topological polar surface area (TPSA) is 12.0 Å². The van der Waals surface area contributed by atoms with Crippen LogP contribution in [0.2, 0.25) is 0 Å². The first-order valence-corrected chi connectivity index (χ1v) is 6.78. The molecule has 0 radical (unpaired) electrons. The van der Waals surface area contributed by atoms with Crippen LogP contribution in [-0.2, 0) is 6.54 Å². The van der Waals surface area contributed by atoms with E-state index < -0.39 is 0 Å². The van der Waals surface area contributed by atoms with Crippen LogP contribution < -0.4 is 5.32 Å². The lowest BCUT2D eigenvalue weighted by atomic mass is 10.1. The summed E-state index contributed by atoms with van der Waals surface area (Å²) in [6.07, 6.45) is 0. The Morgan fingerprint density at radius 3 is 2.58 bits per heavy atom. The second-order valence-corrected chi connectivity index (χ2v) is 5.25. The minimum absolute atomic E-state index is 0.00846. The molecule has 0 aliphatic carbocycles. The fraction of sp³-hybridized carbons (Fsp3) is 0.200. The summed E-state index contributed by atoms with van der Waals surface area (Å²) >= 11 is 3.38. The predicted octanol–water partition coefficient (Wildman–Crippen LogP) is 4.58. The SMILES string of the molecule is C[C@@H](NCc1cc(F)ccc1Br)c1cccc(F)c1. The van der Waals surface area contributed by atoms with Crippen LogP contribution in [0.15, 0.2) is 46.9 Å². The smallest absolute Gasteiger partial charge is 0.123 e. The van der Waals surface area contributed by atoms with Crippen LogP contribution in [0.25, 0.3) is 0 Å². The van der Waals surface area contributed by atoms with Crippen molar-refractivity contribution in [3.8, 4) is 0 Å². The molecule has 2 aromatic carbocycles. The lowest BCUT2D eigenvalue weighted by molar-refractivity contribution is 0.560. The van der Waals surface area contributed by atoms with E-state index in [0.29, 0.717) is 6.54 Å². The van der Waals surface area contributed by atoms with E-state index >= 15 is 0 Å². The average Bonchev–Trinajstić information content (AvgIpc) is 2.39. The molecule has 0 spiro atoms. The molecule has 1 atom stereocenters. The van der Waals surface area contributed by atoms with Crippen LogP contribution in [-0.4, -0.2) is 0 Å². The summed E-state index contributed by atoms with van der Waals surface area (Å²) in [5.74, 6) is -0.517. The first-order valence-electron chi connectivity index (χ1n) is 5.99. The Balaban J connectivity index is 2.04. The van der Waals surface area contributed by atoms with E-state index in [1.54, 1.807) is 12.1 Å². The van der Waals surface area contributed by atoms with Gasteiger partial charge in [-0.3, -0.25) is 0 Å². The Bertz CT molecular complexity index is 572. The highest BCUT2D eigenvalue weighted by Gasteiger charge is 2.07. The largest absolute Gasteiger partial charge is 0.306 e. The van der Waals surface area contributed by atoms with Gasteiger partial charge in [-0.1, -0.05) is 28.1 Å². The molecule has 4 heteroatoms. The Kier molecular flexibility index (Phi) is 4.66. The zero-order valence-electron chi connectivity index (χ0n) is 10.5. The maximum Gasteiger partial charge on any atom is 0.123 e. The van der Waals surface area contributed by atoms with Gasteiger partial charge in [-0.2, -0.15) is 0 Å². The monoisotopic (exact) mass is 325 g/mol. The highest BCUT2D eigenvalue weighted by molar-refractivity contribution is 9.10. The molecule has 2 aromatic rings. The molecular formula is C15H14BrF2N. The second kappa shape index (κ2) is 6.26. The Morgan fingerprint density at radius 1 is 1.11 bits per heavy atom. The molecule has 0 amide bonds. The molecule has 2 rings (SSSR count). The summed E-state index contributed by atoms with van der Waals surface area (Å²) in [6, 6.07) is 11.0. The number of rotatable bonds is 4. The van der Waals surface area contributed by atoms with Crippen molar-refractivity contribution in [3.05, 3.63) is 69.7 Å². The van der Waals surface area contributed by atoms with E-state index in [1.807, 2.05) is 13.0 Å². The summed E-state index contributed by atoms with van der Waals surface area (Å²) in [7, 11) is 0. The molecule has 100 valence electrons. The number of hydrogen-bond acceptors (Lipinski definition) is 1. The Hall–Kier alpha value is -1.26. The van der Waals surface area contributed by atoms with E-state index in [1.165, 1.54) is 24.3 Å². The van der Waals surface area contributed by atoms with E-state index in [9.17, 15) is 8.78 Å². The lowest BCUT2D eigenvalue weighted by Gasteiger charge is -2.15. The predicted molar refractivity (Wildman–Crippen MR) is 75.8 cm³/mol. The first kappa shape index (κ1) is 14.2. The highest BCUT2D eigenvalue weighted by atomic mass is 79.9. The lowest BCUT2D eigenvalue weighted by Crippen LogP contribution is -2.18. The molecule has 1 nitrogen and oxygen atoms in total. The van der Waals surface area contributed by atoms with Crippen molar-refractivity contribution in [3.63, 3.8) is 0 Å². The van der Waals surface area contributed by atoms with Gasteiger partial charge in [-0.25, -0.2) is 8.78 Å². The van der Waals surface area contributed by atoms with E-state index in [-0.39, 0.29) is 17.7 Å². The van der Waals surface area contributed by atoms with Crippen molar-refractivity contribution < 1.29 is 8.78 Å². The number of nitrogens with one attached hydrogen (secondary N) is 1. The van der Waals surface area contributed by atoms with Gasteiger partial charge in [0.2, 0.25) is 0 Å². The normalized spacial score (nSPS) is 12.4. The molecule has 0 aromatic heterocycles. The quantitative estimate of drug-likeness (QED) is 0.867.